The Morgan fingerprint density at radius 3 is 2.42 bits per heavy atom. The molecule has 0 aliphatic heterocycles. The number of aromatic hydroxyl groups is 1. The first-order valence-corrected chi connectivity index (χ1v) is 7.69. The van der Waals surface area contributed by atoms with Crippen LogP contribution in [0, 0.1) is 18.3 Å². The van der Waals surface area contributed by atoms with Gasteiger partial charge < -0.3 is 5.11 Å². The molecule has 0 fully saturated rings. The number of nitriles is 1. The minimum atomic E-state index is -0.184. The van der Waals surface area contributed by atoms with Crippen LogP contribution in [0.2, 0.25) is 0 Å². The largest absolute Gasteiger partial charge is 0.508 e. The van der Waals surface area contributed by atoms with E-state index in [0.29, 0.717) is 33.5 Å². The van der Waals surface area contributed by atoms with E-state index in [9.17, 15) is 9.90 Å². The Morgan fingerprint density at radius 2 is 1.83 bits per heavy atom. The summed E-state index contributed by atoms with van der Waals surface area (Å²) in [5.74, 6) is 0.755. The van der Waals surface area contributed by atoms with Gasteiger partial charge in [0.05, 0.1) is 28.2 Å². The summed E-state index contributed by atoms with van der Waals surface area (Å²) in [6.07, 6.45) is 0. The molecule has 24 heavy (non-hydrogen) atoms. The summed E-state index contributed by atoms with van der Waals surface area (Å²) in [7, 11) is 0. The molecular formula is C19H17N3O2. The van der Waals surface area contributed by atoms with Crippen molar-refractivity contribution >= 4 is 10.9 Å². The van der Waals surface area contributed by atoms with Crippen molar-refractivity contribution in [3.63, 3.8) is 0 Å². The van der Waals surface area contributed by atoms with Crippen molar-refractivity contribution in [2.24, 2.45) is 0 Å². The third-order valence-electron chi connectivity index (χ3n) is 4.06. The second-order valence-corrected chi connectivity index (χ2v) is 6.03. The van der Waals surface area contributed by atoms with E-state index >= 15 is 0 Å². The summed E-state index contributed by atoms with van der Waals surface area (Å²) >= 11 is 0. The molecule has 120 valence electrons. The predicted molar refractivity (Wildman–Crippen MR) is 92.5 cm³/mol. The summed E-state index contributed by atoms with van der Waals surface area (Å²) in [6, 6.07) is 12.0. The van der Waals surface area contributed by atoms with Crippen molar-refractivity contribution in [1.82, 2.24) is 9.55 Å². The van der Waals surface area contributed by atoms with Crippen molar-refractivity contribution in [3.8, 4) is 17.5 Å². The molecule has 5 nitrogen and oxygen atoms in total. The van der Waals surface area contributed by atoms with Gasteiger partial charge in [-0.05, 0) is 43.3 Å². The smallest absolute Gasteiger partial charge is 0.265 e. The molecule has 3 rings (SSSR count). The zero-order valence-electron chi connectivity index (χ0n) is 13.7. The van der Waals surface area contributed by atoms with Gasteiger partial charge in [0, 0.05) is 11.5 Å². The molecule has 0 bridgehead atoms. The van der Waals surface area contributed by atoms with Gasteiger partial charge in [0.2, 0.25) is 0 Å². The van der Waals surface area contributed by atoms with Crippen LogP contribution in [0.15, 0.2) is 41.2 Å². The van der Waals surface area contributed by atoms with Gasteiger partial charge in [-0.25, -0.2) is 4.98 Å². The van der Waals surface area contributed by atoms with Crippen LogP contribution in [-0.4, -0.2) is 14.7 Å². The van der Waals surface area contributed by atoms with Crippen LogP contribution in [0.4, 0.5) is 0 Å². The van der Waals surface area contributed by atoms with Crippen molar-refractivity contribution < 1.29 is 5.11 Å². The standard InChI is InChI=1S/C19H17N3O2/c1-11(2)18-21-17-12(3)16(23)9-8-15(17)19(24)22(18)14-6-4-13(10-20)5-7-14/h4-9,11,23H,1-3H3. The second-order valence-electron chi connectivity index (χ2n) is 6.03. The van der Waals surface area contributed by atoms with Gasteiger partial charge >= 0.3 is 0 Å². The molecule has 5 heteroatoms. The number of hydrogen-bond donors (Lipinski definition) is 1. The summed E-state index contributed by atoms with van der Waals surface area (Å²) in [6.45, 7) is 5.68. The summed E-state index contributed by atoms with van der Waals surface area (Å²) in [5, 5.41) is 19.3. The molecule has 1 N–H and O–H groups in total. The topological polar surface area (TPSA) is 78.9 Å². The van der Waals surface area contributed by atoms with Gasteiger partial charge in [-0.1, -0.05) is 13.8 Å². The first kappa shape index (κ1) is 15.8. The number of aromatic nitrogens is 2. The van der Waals surface area contributed by atoms with E-state index < -0.39 is 0 Å². The minimum absolute atomic E-state index is 0.0134. The highest BCUT2D eigenvalue weighted by molar-refractivity contribution is 5.83. The van der Waals surface area contributed by atoms with Gasteiger partial charge in [-0.3, -0.25) is 9.36 Å². The Kier molecular flexibility index (Phi) is 3.82. The highest BCUT2D eigenvalue weighted by Crippen LogP contribution is 2.25. The summed E-state index contributed by atoms with van der Waals surface area (Å²) in [5.41, 5.74) is 2.14. The molecule has 1 aromatic heterocycles. The molecule has 0 atom stereocenters. The maximum atomic E-state index is 13.0. The fraction of sp³-hybridized carbons (Fsp3) is 0.211. The van der Waals surface area contributed by atoms with Crippen LogP contribution in [0.5, 0.6) is 5.75 Å². The number of fused-ring (bicyclic) bond motifs is 1. The lowest BCUT2D eigenvalue weighted by Crippen LogP contribution is -2.25. The second kappa shape index (κ2) is 5.82. The molecule has 0 aliphatic carbocycles. The van der Waals surface area contributed by atoms with Gasteiger partial charge in [0.25, 0.3) is 5.56 Å². The highest BCUT2D eigenvalue weighted by Gasteiger charge is 2.17. The van der Waals surface area contributed by atoms with Gasteiger partial charge in [0.15, 0.2) is 0 Å². The molecule has 3 aromatic rings. The molecule has 0 unspecified atom stereocenters. The van der Waals surface area contributed by atoms with Crippen LogP contribution < -0.4 is 5.56 Å². The molecule has 2 aromatic carbocycles. The maximum Gasteiger partial charge on any atom is 0.265 e. The normalized spacial score (nSPS) is 11.0. The molecule has 0 amide bonds. The molecule has 0 saturated heterocycles. The van der Waals surface area contributed by atoms with E-state index in [1.54, 1.807) is 41.8 Å². The van der Waals surface area contributed by atoms with Gasteiger partial charge in [-0.15, -0.1) is 0 Å². The molecule has 0 radical (unpaired) electrons. The van der Waals surface area contributed by atoms with E-state index in [4.69, 9.17) is 5.26 Å². The quantitative estimate of drug-likeness (QED) is 0.785. The first-order valence-electron chi connectivity index (χ1n) is 7.69. The highest BCUT2D eigenvalue weighted by atomic mass is 16.3. The Bertz CT molecular complexity index is 1030. The van der Waals surface area contributed by atoms with Crippen molar-refractivity contribution in [2.75, 3.05) is 0 Å². The van der Waals surface area contributed by atoms with Crippen molar-refractivity contribution in [3.05, 3.63) is 63.7 Å². The number of nitrogens with zero attached hydrogens (tertiary/aromatic N) is 3. The zero-order chi connectivity index (χ0) is 17.4. The predicted octanol–water partition coefficient (Wildman–Crippen LogP) is 3.39. The SMILES string of the molecule is Cc1c(O)ccc2c(=O)n(-c3ccc(C#N)cc3)c(C(C)C)nc12. The summed E-state index contributed by atoms with van der Waals surface area (Å²) in [4.78, 5) is 17.7. The fourth-order valence-electron chi connectivity index (χ4n) is 2.72. The van der Waals surface area contributed by atoms with E-state index in [2.05, 4.69) is 11.1 Å². The third-order valence-corrected chi connectivity index (χ3v) is 4.06. The maximum absolute atomic E-state index is 13.0. The zero-order valence-corrected chi connectivity index (χ0v) is 13.7. The number of aryl methyl sites for hydroxylation is 1. The Morgan fingerprint density at radius 1 is 1.17 bits per heavy atom. The van der Waals surface area contributed by atoms with Crippen LogP contribution in [0.25, 0.3) is 16.6 Å². The minimum Gasteiger partial charge on any atom is -0.508 e. The fourth-order valence-corrected chi connectivity index (χ4v) is 2.72. The van der Waals surface area contributed by atoms with E-state index in [1.165, 1.54) is 6.07 Å². The molecule has 0 aliphatic rings. The van der Waals surface area contributed by atoms with Gasteiger partial charge in [-0.2, -0.15) is 5.26 Å². The van der Waals surface area contributed by atoms with Crippen LogP contribution in [0.1, 0.15) is 36.7 Å². The monoisotopic (exact) mass is 319 g/mol. The van der Waals surface area contributed by atoms with E-state index in [-0.39, 0.29) is 17.2 Å². The number of hydrogen-bond acceptors (Lipinski definition) is 4. The van der Waals surface area contributed by atoms with Crippen molar-refractivity contribution in [1.29, 1.82) is 5.26 Å². The Labute approximate surface area is 139 Å². The molecule has 1 heterocycles. The number of rotatable bonds is 2. The van der Waals surface area contributed by atoms with Crippen LogP contribution in [0.3, 0.4) is 0 Å². The lowest BCUT2D eigenvalue weighted by molar-refractivity contribution is 0.472. The molecule has 0 spiro atoms. The summed E-state index contributed by atoms with van der Waals surface area (Å²) < 4.78 is 1.57. The van der Waals surface area contributed by atoms with Crippen molar-refractivity contribution in [2.45, 2.75) is 26.7 Å². The lowest BCUT2D eigenvalue weighted by atomic mass is 10.1. The number of phenolic OH excluding ortho intramolecular Hbond substituents is 1. The first-order chi connectivity index (χ1) is 11.4. The average molecular weight is 319 g/mol. The van der Waals surface area contributed by atoms with Crippen LogP contribution in [-0.2, 0) is 0 Å². The van der Waals surface area contributed by atoms with Crippen LogP contribution >= 0.6 is 0 Å². The number of phenols is 1. The van der Waals surface area contributed by atoms with E-state index in [1.807, 2.05) is 13.8 Å². The lowest BCUT2D eigenvalue weighted by Gasteiger charge is -2.17. The number of benzene rings is 2. The third kappa shape index (κ3) is 2.42. The van der Waals surface area contributed by atoms with Gasteiger partial charge in [0.1, 0.15) is 11.6 Å². The Hall–Kier alpha value is -3.13. The molecule has 0 saturated carbocycles. The molecular weight excluding hydrogens is 302 g/mol. The Balaban J connectivity index is 2.40. The van der Waals surface area contributed by atoms with E-state index in [0.717, 1.165) is 0 Å². The average Bonchev–Trinajstić information content (AvgIpc) is 2.58.